The van der Waals surface area contributed by atoms with Crippen molar-refractivity contribution >= 4 is 11.8 Å². The van der Waals surface area contributed by atoms with Crippen molar-refractivity contribution in [3.63, 3.8) is 0 Å². The zero-order valence-corrected chi connectivity index (χ0v) is 15.3. The zero-order chi connectivity index (χ0) is 18.4. The summed E-state index contributed by atoms with van der Waals surface area (Å²) < 4.78 is 0. The van der Waals surface area contributed by atoms with Crippen LogP contribution < -0.4 is 5.32 Å². The van der Waals surface area contributed by atoms with Gasteiger partial charge in [-0.15, -0.1) is 0 Å². The van der Waals surface area contributed by atoms with Crippen LogP contribution in [-0.4, -0.2) is 23.3 Å². The third-order valence-electron chi connectivity index (χ3n) is 4.85. The summed E-state index contributed by atoms with van der Waals surface area (Å²) in [6.45, 7) is 4.18. The SMILES string of the molecule is CCc1ccc(CC(=O)NCc2ccc(CN3CCCC3=O)cc2)cc1. The number of aryl methyl sites for hydroxylation is 1. The quantitative estimate of drug-likeness (QED) is 0.833. The van der Waals surface area contributed by atoms with Gasteiger partial charge in [0.25, 0.3) is 0 Å². The molecule has 0 aliphatic carbocycles. The Morgan fingerprint density at radius 2 is 1.58 bits per heavy atom. The third kappa shape index (κ3) is 4.94. The summed E-state index contributed by atoms with van der Waals surface area (Å²) in [5.74, 6) is 0.272. The average molecular weight is 350 g/mol. The van der Waals surface area contributed by atoms with E-state index in [1.807, 2.05) is 41.3 Å². The van der Waals surface area contributed by atoms with Crippen LogP contribution in [0.15, 0.2) is 48.5 Å². The lowest BCUT2D eigenvalue weighted by molar-refractivity contribution is -0.128. The number of benzene rings is 2. The summed E-state index contributed by atoms with van der Waals surface area (Å²) in [5, 5.41) is 2.97. The van der Waals surface area contributed by atoms with Gasteiger partial charge in [0.15, 0.2) is 0 Å². The molecule has 2 amide bonds. The standard InChI is InChI=1S/C22H26N2O2/c1-2-17-5-7-18(8-6-17)14-21(25)23-15-19-9-11-20(12-10-19)16-24-13-3-4-22(24)26/h5-12H,2-4,13-16H2,1H3,(H,23,25). The molecule has 1 heterocycles. The second-order valence-electron chi connectivity index (χ2n) is 6.86. The second kappa shape index (κ2) is 8.65. The van der Waals surface area contributed by atoms with E-state index in [-0.39, 0.29) is 11.8 Å². The first-order valence-electron chi connectivity index (χ1n) is 9.34. The van der Waals surface area contributed by atoms with Gasteiger partial charge in [-0.3, -0.25) is 9.59 Å². The molecule has 2 aromatic carbocycles. The maximum absolute atomic E-state index is 12.1. The molecular weight excluding hydrogens is 324 g/mol. The molecule has 0 unspecified atom stereocenters. The number of nitrogens with one attached hydrogen (secondary N) is 1. The van der Waals surface area contributed by atoms with Crippen molar-refractivity contribution in [2.45, 2.75) is 45.7 Å². The number of nitrogens with zero attached hydrogens (tertiary/aromatic N) is 1. The molecule has 4 heteroatoms. The van der Waals surface area contributed by atoms with Gasteiger partial charge >= 0.3 is 0 Å². The minimum atomic E-state index is 0.0287. The maximum atomic E-state index is 12.1. The summed E-state index contributed by atoms with van der Waals surface area (Å²) in [6, 6.07) is 16.3. The van der Waals surface area contributed by atoms with E-state index < -0.39 is 0 Å². The molecule has 136 valence electrons. The van der Waals surface area contributed by atoms with E-state index in [1.165, 1.54) is 5.56 Å². The van der Waals surface area contributed by atoms with Crippen LogP contribution in [0.3, 0.4) is 0 Å². The highest BCUT2D eigenvalue weighted by Gasteiger charge is 2.19. The van der Waals surface area contributed by atoms with Gasteiger partial charge < -0.3 is 10.2 Å². The van der Waals surface area contributed by atoms with Crippen molar-refractivity contribution in [3.05, 3.63) is 70.8 Å². The third-order valence-corrected chi connectivity index (χ3v) is 4.85. The van der Waals surface area contributed by atoms with Crippen molar-refractivity contribution < 1.29 is 9.59 Å². The number of rotatable bonds is 7. The lowest BCUT2D eigenvalue weighted by atomic mass is 10.1. The van der Waals surface area contributed by atoms with Gasteiger partial charge in [-0.1, -0.05) is 55.5 Å². The molecule has 3 rings (SSSR count). The molecule has 0 spiro atoms. The van der Waals surface area contributed by atoms with E-state index in [0.29, 0.717) is 25.9 Å². The molecule has 0 atom stereocenters. The summed E-state index contributed by atoms with van der Waals surface area (Å²) in [7, 11) is 0. The van der Waals surface area contributed by atoms with Crippen LogP contribution in [0, 0.1) is 0 Å². The lowest BCUT2D eigenvalue weighted by Gasteiger charge is -2.15. The van der Waals surface area contributed by atoms with Crippen LogP contribution in [0.25, 0.3) is 0 Å². The van der Waals surface area contributed by atoms with Gasteiger partial charge in [-0.25, -0.2) is 0 Å². The first-order valence-corrected chi connectivity index (χ1v) is 9.34. The molecule has 26 heavy (non-hydrogen) atoms. The Morgan fingerprint density at radius 3 is 2.19 bits per heavy atom. The number of hydrogen-bond acceptors (Lipinski definition) is 2. The van der Waals surface area contributed by atoms with Crippen LogP contribution in [0.1, 0.15) is 42.0 Å². The number of likely N-dealkylation sites (tertiary alicyclic amines) is 1. The molecule has 4 nitrogen and oxygen atoms in total. The van der Waals surface area contributed by atoms with Crippen LogP contribution in [-0.2, 0) is 35.5 Å². The fourth-order valence-corrected chi connectivity index (χ4v) is 3.20. The predicted molar refractivity (Wildman–Crippen MR) is 102 cm³/mol. The normalized spacial score (nSPS) is 13.9. The minimum absolute atomic E-state index is 0.0287. The molecule has 1 N–H and O–H groups in total. The number of carbonyl (C=O) groups is 2. The molecular formula is C22H26N2O2. The Balaban J connectivity index is 1.46. The van der Waals surface area contributed by atoms with Crippen LogP contribution in [0.5, 0.6) is 0 Å². The van der Waals surface area contributed by atoms with Gasteiger partial charge in [0.1, 0.15) is 0 Å². The van der Waals surface area contributed by atoms with E-state index in [4.69, 9.17) is 0 Å². The van der Waals surface area contributed by atoms with Crippen molar-refractivity contribution in [2.24, 2.45) is 0 Å². The molecule has 2 aromatic rings. The topological polar surface area (TPSA) is 49.4 Å². The summed E-state index contributed by atoms with van der Waals surface area (Å²) in [4.78, 5) is 25.7. The summed E-state index contributed by atoms with van der Waals surface area (Å²) >= 11 is 0. The van der Waals surface area contributed by atoms with Crippen molar-refractivity contribution in [1.29, 1.82) is 0 Å². The highest BCUT2D eigenvalue weighted by atomic mass is 16.2. The predicted octanol–water partition coefficient (Wildman–Crippen LogP) is 3.23. The Labute approximate surface area is 155 Å². The smallest absolute Gasteiger partial charge is 0.224 e. The molecule has 1 aliphatic rings. The van der Waals surface area contributed by atoms with E-state index >= 15 is 0 Å². The Morgan fingerprint density at radius 1 is 0.962 bits per heavy atom. The number of amides is 2. The number of carbonyl (C=O) groups excluding carboxylic acids is 2. The van der Waals surface area contributed by atoms with Crippen LogP contribution in [0.4, 0.5) is 0 Å². The molecule has 1 fully saturated rings. The monoisotopic (exact) mass is 350 g/mol. The fourth-order valence-electron chi connectivity index (χ4n) is 3.20. The Bertz CT molecular complexity index is 751. The maximum Gasteiger partial charge on any atom is 0.224 e. The van der Waals surface area contributed by atoms with Gasteiger partial charge in [-0.05, 0) is 35.1 Å². The first kappa shape index (κ1) is 18.2. The van der Waals surface area contributed by atoms with E-state index in [2.05, 4.69) is 24.4 Å². The minimum Gasteiger partial charge on any atom is -0.352 e. The highest BCUT2D eigenvalue weighted by Crippen LogP contribution is 2.14. The molecule has 1 saturated heterocycles. The molecule has 0 saturated carbocycles. The van der Waals surface area contributed by atoms with Crippen molar-refractivity contribution in [2.75, 3.05) is 6.54 Å². The molecule has 0 bridgehead atoms. The van der Waals surface area contributed by atoms with Gasteiger partial charge in [0.05, 0.1) is 6.42 Å². The van der Waals surface area contributed by atoms with Gasteiger partial charge in [0.2, 0.25) is 11.8 Å². The van der Waals surface area contributed by atoms with E-state index in [0.717, 1.165) is 36.1 Å². The number of hydrogen-bond donors (Lipinski definition) is 1. The Kier molecular flexibility index (Phi) is 6.05. The zero-order valence-electron chi connectivity index (χ0n) is 15.3. The highest BCUT2D eigenvalue weighted by molar-refractivity contribution is 5.78. The molecule has 1 aliphatic heterocycles. The molecule has 0 radical (unpaired) electrons. The van der Waals surface area contributed by atoms with Crippen molar-refractivity contribution in [1.82, 2.24) is 10.2 Å². The summed E-state index contributed by atoms with van der Waals surface area (Å²) in [6.07, 6.45) is 3.04. The largest absolute Gasteiger partial charge is 0.352 e. The Hall–Kier alpha value is -2.62. The second-order valence-corrected chi connectivity index (χ2v) is 6.86. The van der Waals surface area contributed by atoms with Crippen molar-refractivity contribution in [3.8, 4) is 0 Å². The average Bonchev–Trinajstić information content (AvgIpc) is 3.06. The van der Waals surface area contributed by atoms with E-state index in [9.17, 15) is 9.59 Å². The van der Waals surface area contributed by atoms with Gasteiger partial charge in [0, 0.05) is 26.1 Å². The van der Waals surface area contributed by atoms with Crippen LogP contribution in [0.2, 0.25) is 0 Å². The fraction of sp³-hybridized carbons (Fsp3) is 0.364. The van der Waals surface area contributed by atoms with E-state index in [1.54, 1.807) is 0 Å². The van der Waals surface area contributed by atoms with Crippen LogP contribution >= 0.6 is 0 Å². The molecule has 0 aromatic heterocycles. The van der Waals surface area contributed by atoms with Gasteiger partial charge in [-0.2, -0.15) is 0 Å². The summed E-state index contributed by atoms with van der Waals surface area (Å²) in [5.41, 5.74) is 4.51. The first-order chi connectivity index (χ1) is 12.6. The lowest BCUT2D eigenvalue weighted by Crippen LogP contribution is -2.25.